The van der Waals surface area contributed by atoms with E-state index >= 15 is 0 Å². The van der Waals surface area contributed by atoms with E-state index in [1.807, 2.05) is 13.0 Å². The molecule has 0 saturated carbocycles. The van der Waals surface area contributed by atoms with Crippen LogP contribution in [0.3, 0.4) is 0 Å². The molecule has 8 heteroatoms. The first-order valence-corrected chi connectivity index (χ1v) is 10.1. The maximum atomic E-state index is 13.3. The van der Waals surface area contributed by atoms with Crippen LogP contribution in [0, 0.1) is 0 Å². The monoisotopic (exact) mass is 413 g/mol. The van der Waals surface area contributed by atoms with Gasteiger partial charge < -0.3 is 14.8 Å². The highest BCUT2D eigenvalue weighted by Gasteiger charge is 2.20. The Kier molecular flexibility index (Phi) is 6.43. The van der Waals surface area contributed by atoms with Crippen LogP contribution >= 0.6 is 11.8 Å². The molecule has 0 bridgehead atoms. The average molecular weight is 413 g/mol. The van der Waals surface area contributed by atoms with Gasteiger partial charge in [-0.3, -0.25) is 14.2 Å². The maximum Gasteiger partial charge on any atom is 0.266 e. The molecule has 7 nitrogen and oxygen atoms in total. The first-order chi connectivity index (χ1) is 14.0. The summed E-state index contributed by atoms with van der Waals surface area (Å²) in [5, 5.41) is 3.30. The van der Waals surface area contributed by atoms with Gasteiger partial charge in [0.2, 0.25) is 5.91 Å². The van der Waals surface area contributed by atoms with E-state index in [-0.39, 0.29) is 11.5 Å². The molecule has 1 atom stereocenters. The number of benzene rings is 2. The van der Waals surface area contributed by atoms with Crippen molar-refractivity contribution >= 4 is 28.6 Å². The van der Waals surface area contributed by atoms with Crippen molar-refractivity contribution in [1.82, 2.24) is 14.9 Å². The Hall–Kier alpha value is -3.00. The Morgan fingerprint density at radius 1 is 1.17 bits per heavy atom. The van der Waals surface area contributed by atoms with E-state index in [0.29, 0.717) is 39.8 Å². The summed E-state index contributed by atoms with van der Waals surface area (Å²) in [5.74, 6) is 0.944. The number of hydrogen-bond acceptors (Lipinski definition) is 6. The Morgan fingerprint density at radius 2 is 1.90 bits per heavy atom. The number of fused-ring (bicyclic) bond motifs is 1. The number of thioether (sulfide) groups is 1. The maximum absolute atomic E-state index is 13.3. The zero-order chi connectivity index (χ0) is 21.0. The van der Waals surface area contributed by atoms with Crippen molar-refractivity contribution in [3.63, 3.8) is 0 Å². The summed E-state index contributed by atoms with van der Waals surface area (Å²) < 4.78 is 12.2. The topological polar surface area (TPSA) is 82.5 Å². The molecule has 3 rings (SSSR count). The molecular formula is C21H23N3O4S. The molecule has 1 N–H and O–H groups in total. The lowest BCUT2D eigenvalue weighted by molar-refractivity contribution is -0.120. The molecule has 0 saturated heterocycles. The SMILES string of the molecule is CCNC(=O)[C@H](C)Sc1nc2ccccc2c(=O)n1-c1ccc(OC)c(OC)c1. The molecule has 0 fully saturated rings. The van der Waals surface area contributed by atoms with Gasteiger partial charge >= 0.3 is 0 Å². The van der Waals surface area contributed by atoms with E-state index in [1.165, 1.54) is 23.4 Å². The van der Waals surface area contributed by atoms with E-state index in [2.05, 4.69) is 10.3 Å². The van der Waals surface area contributed by atoms with E-state index in [4.69, 9.17) is 9.47 Å². The number of hydrogen-bond donors (Lipinski definition) is 1. The van der Waals surface area contributed by atoms with Crippen molar-refractivity contribution in [1.29, 1.82) is 0 Å². The number of para-hydroxylation sites is 1. The number of carbonyl (C=O) groups is 1. The van der Waals surface area contributed by atoms with Crippen molar-refractivity contribution in [2.24, 2.45) is 0 Å². The van der Waals surface area contributed by atoms with Gasteiger partial charge in [0.1, 0.15) is 0 Å². The lowest BCUT2D eigenvalue weighted by Gasteiger charge is -2.17. The largest absolute Gasteiger partial charge is 0.493 e. The number of nitrogens with zero attached hydrogens (tertiary/aromatic N) is 2. The Bertz CT molecular complexity index is 1100. The molecule has 3 aromatic rings. The smallest absolute Gasteiger partial charge is 0.266 e. The summed E-state index contributed by atoms with van der Waals surface area (Å²) in [5.41, 5.74) is 0.949. The third-order valence-corrected chi connectivity index (χ3v) is 5.42. The predicted octanol–water partition coefficient (Wildman–Crippen LogP) is 3.02. The van der Waals surface area contributed by atoms with Crippen molar-refractivity contribution in [3.8, 4) is 17.2 Å². The van der Waals surface area contributed by atoms with Crippen LogP contribution in [0.5, 0.6) is 11.5 Å². The quantitative estimate of drug-likeness (QED) is 0.474. The van der Waals surface area contributed by atoms with Gasteiger partial charge in [-0.1, -0.05) is 23.9 Å². The van der Waals surface area contributed by atoms with Gasteiger partial charge in [-0.25, -0.2) is 4.98 Å². The Labute approximate surface area is 173 Å². The molecule has 0 aliphatic heterocycles. The number of aromatic nitrogens is 2. The summed E-state index contributed by atoms with van der Waals surface area (Å²) in [6, 6.07) is 12.4. The van der Waals surface area contributed by atoms with Crippen LogP contribution in [0.25, 0.3) is 16.6 Å². The number of amides is 1. The van der Waals surface area contributed by atoms with Crippen molar-refractivity contribution in [3.05, 3.63) is 52.8 Å². The summed E-state index contributed by atoms with van der Waals surface area (Å²) in [6.45, 7) is 4.19. The highest BCUT2D eigenvalue weighted by atomic mass is 32.2. The predicted molar refractivity (Wildman–Crippen MR) is 114 cm³/mol. The minimum absolute atomic E-state index is 0.112. The van der Waals surface area contributed by atoms with Crippen LogP contribution in [-0.4, -0.2) is 41.5 Å². The number of carbonyl (C=O) groups excluding carboxylic acids is 1. The molecule has 0 aliphatic rings. The van der Waals surface area contributed by atoms with Crippen molar-refractivity contribution in [2.45, 2.75) is 24.3 Å². The lowest BCUT2D eigenvalue weighted by atomic mass is 10.2. The number of rotatable bonds is 7. The van der Waals surface area contributed by atoms with Gasteiger partial charge in [-0.05, 0) is 38.1 Å². The number of nitrogens with one attached hydrogen (secondary N) is 1. The molecule has 152 valence electrons. The highest BCUT2D eigenvalue weighted by Crippen LogP contribution is 2.31. The Balaban J connectivity index is 2.20. The van der Waals surface area contributed by atoms with Crippen molar-refractivity contribution < 1.29 is 14.3 Å². The first kappa shape index (κ1) is 20.7. The summed E-state index contributed by atoms with van der Waals surface area (Å²) >= 11 is 1.23. The molecule has 1 aromatic heterocycles. The zero-order valence-electron chi connectivity index (χ0n) is 16.8. The van der Waals surface area contributed by atoms with E-state index in [0.717, 1.165) is 0 Å². The van der Waals surface area contributed by atoms with Gasteiger partial charge in [-0.2, -0.15) is 0 Å². The summed E-state index contributed by atoms with van der Waals surface area (Å²) in [7, 11) is 3.09. The van der Waals surface area contributed by atoms with Crippen LogP contribution in [0.1, 0.15) is 13.8 Å². The average Bonchev–Trinajstić information content (AvgIpc) is 2.73. The molecule has 0 aliphatic carbocycles. The standard InChI is InChI=1S/C21H23N3O4S/c1-5-22-19(25)13(2)29-21-23-16-9-7-6-8-15(16)20(26)24(21)14-10-11-17(27-3)18(12-14)28-4/h6-13H,5H2,1-4H3,(H,22,25)/t13-/m0/s1. The molecule has 0 spiro atoms. The minimum atomic E-state index is -0.422. The fourth-order valence-electron chi connectivity index (χ4n) is 2.91. The Morgan fingerprint density at radius 3 is 2.59 bits per heavy atom. The van der Waals surface area contributed by atoms with E-state index in [9.17, 15) is 9.59 Å². The van der Waals surface area contributed by atoms with Crippen LogP contribution in [-0.2, 0) is 4.79 Å². The molecule has 2 aromatic carbocycles. The molecule has 0 unspecified atom stereocenters. The first-order valence-electron chi connectivity index (χ1n) is 9.18. The number of ether oxygens (including phenoxy) is 2. The minimum Gasteiger partial charge on any atom is -0.493 e. The zero-order valence-corrected chi connectivity index (χ0v) is 17.6. The third-order valence-electron chi connectivity index (χ3n) is 4.37. The van der Waals surface area contributed by atoms with Crippen LogP contribution in [0.15, 0.2) is 52.4 Å². The second-order valence-corrected chi connectivity index (χ2v) is 7.55. The van der Waals surface area contributed by atoms with Crippen LogP contribution < -0.4 is 20.3 Å². The summed E-state index contributed by atoms with van der Waals surface area (Å²) in [4.78, 5) is 30.2. The van der Waals surface area contributed by atoms with Crippen LogP contribution in [0.4, 0.5) is 0 Å². The summed E-state index contributed by atoms with van der Waals surface area (Å²) in [6.07, 6.45) is 0. The van der Waals surface area contributed by atoms with E-state index < -0.39 is 5.25 Å². The molecule has 1 heterocycles. The van der Waals surface area contributed by atoms with Gasteiger partial charge in [-0.15, -0.1) is 0 Å². The van der Waals surface area contributed by atoms with Gasteiger partial charge in [0.05, 0.1) is 36.1 Å². The lowest BCUT2D eigenvalue weighted by Crippen LogP contribution is -2.31. The van der Waals surface area contributed by atoms with Gasteiger partial charge in [0.25, 0.3) is 5.56 Å². The normalized spacial score (nSPS) is 11.9. The fourth-order valence-corrected chi connectivity index (χ4v) is 3.86. The second kappa shape index (κ2) is 9.00. The van der Waals surface area contributed by atoms with Gasteiger partial charge in [0.15, 0.2) is 16.7 Å². The molecule has 1 amide bonds. The molecule has 0 radical (unpaired) electrons. The molecule has 29 heavy (non-hydrogen) atoms. The van der Waals surface area contributed by atoms with Crippen LogP contribution in [0.2, 0.25) is 0 Å². The third kappa shape index (κ3) is 4.22. The highest BCUT2D eigenvalue weighted by molar-refractivity contribution is 8.00. The number of methoxy groups -OCH3 is 2. The molecular weight excluding hydrogens is 390 g/mol. The van der Waals surface area contributed by atoms with E-state index in [1.54, 1.807) is 50.4 Å². The second-order valence-electron chi connectivity index (χ2n) is 6.25. The fraction of sp³-hybridized carbons (Fsp3) is 0.286. The van der Waals surface area contributed by atoms with Crippen molar-refractivity contribution in [2.75, 3.05) is 20.8 Å². The van der Waals surface area contributed by atoms with Gasteiger partial charge in [0, 0.05) is 12.6 Å².